The van der Waals surface area contributed by atoms with Crippen LogP contribution in [0, 0.1) is 28.7 Å². The van der Waals surface area contributed by atoms with Gasteiger partial charge in [-0.1, -0.05) is 0 Å². The minimum atomic E-state index is -1.49. The highest BCUT2D eigenvalue weighted by Gasteiger charge is 2.26. The quantitative estimate of drug-likeness (QED) is 0.694. The van der Waals surface area contributed by atoms with Crippen LogP contribution in [0.3, 0.4) is 0 Å². The number of aromatic nitrogens is 1. The van der Waals surface area contributed by atoms with Crippen LogP contribution in [-0.2, 0) is 6.54 Å². The lowest BCUT2D eigenvalue weighted by Crippen LogP contribution is -2.25. The van der Waals surface area contributed by atoms with Gasteiger partial charge in [0.25, 0.3) is 5.91 Å². The van der Waals surface area contributed by atoms with Crippen molar-refractivity contribution < 1.29 is 18.5 Å². The Balaban J connectivity index is 2.22. The first kappa shape index (κ1) is 15.0. The maximum absolute atomic E-state index is 13.8. The molecule has 110 valence electrons. The number of halogens is 2. The molecule has 2 rings (SSSR count). The van der Waals surface area contributed by atoms with Crippen molar-refractivity contribution in [3.8, 4) is 0 Å². The Morgan fingerprint density at radius 1 is 1.48 bits per heavy atom. The first-order chi connectivity index (χ1) is 9.90. The van der Waals surface area contributed by atoms with Crippen molar-refractivity contribution in [3.63, 3.8) is 0 Å². The van der Waals surface area contributed by atoms with Crippen molar-refractivity contribution in [1.29, 1.82) is 0 Å². The maximum atomic E-state index is 13.8. The molecule has 1 N–H and O–H groups in total. The molecule has 21 heavy (non-hydrogen) atoms. The largest absolute Gasteiger partial charge is 0.347 e. The molecule has 0 atom stereocenters. The third kappa shape index (κ3) is 3.19. The van der Waals surface area contributed by atoms with Crippen molar-refractivity contribution in [2.24, 2.45) is 0 Å². The number of carbonyl (C=O) groups is 1. The number of aryl methyl sites for hydroxylation is 1. The van der Waals surface area contributed by atoms with Crippen LogP contribution in [0.4, 0.5) is 14.5 Å². The van der Waals surface area contributed by atoms with Crippen molar-refractivity contribution in [3.05, 3.63) is 55.5 Å². The zero-order valence-electron chi connectivity index (χ0n) is 10.7. The van der Waals surface area contributed by atoms with Gasteiger partial charge in [0.2, 0.25) is 5.82 Å². The summed E-state index contributed by atoms with van der Waals surface area (Å²) in [6, 6.07) is 1.36. The highest BCUT2D eigenvalue weighted by Crippen LogP contribution is 2.23. The lowest BCUT2D eigenvalue weighted by molar-refractivity contribution is -0.387. The van der Waals surface area contributed by atoms with Gasteiger partial charge < -0.3 is 5.32 Å². The Morgan fingerprint density at radius 2 is 2.19 bits per heavy atom. The lowest BCUT2D eigenvalue weighted by Gasteiger charge is -2.06. The second-order valence-corrected chi connectivity index (χ2v) is 5.36. The fraction of sp³-hybridized carbons (Fsp3) is 0.167. The van der Waals surface area contributed by atoms with Gasteiger partial charge in [0.05, 0.1) is 16.5 Å². The van der Waals surface area contributed by atoms with Crippen LogP contribution >= 0.6 is 11.3 Å². The van der Waals surface area contributed by atoms with Gasteiger partial charge in [-0.3, -0.25) is 14.9 Å². The average molecular weight is 313 g/mol. The van der Waals surface area contributed by atoms with Crippen LogP contribution in [0.2, 0.25) is 0 Å². The summed E-state index contributed by atoms with van der Waals surface area (Å²) in [4.78, 5) is 26.1. The predicted molar refractivity (Wildman–Crippen MR) is 71.0 cm³/mol. The van der Waals surface area contributed by atoms with Gasteiger partial charge in [-0.15, -0.1) is 11.3 Å². The summed E-state index contributed by atoms with van der Waals surface area (Å²) in [5.41, 5.74) is -1.92. The summed E-state index contributed by atoms with van der Waals surface area (Å²) in [5, 5.41) is 13.7. The molecular weight excluding hydrogens is 304 g/mol. The van der Waals surface area contributed by atoms with E-state index in [1.165, 1.54) is 17.5 Å². The third-order valence-electron chi connectivity index (χ3n) is 2.59. The number of benzene rings is 1. The van der Waals surface area contributed by atoms with E-state index in [0.29, 0.717) is 17.0 Å². The highest BCUT2D eigenvalue weighted by atomic mass is 32.1. The SMILES string of the molecule is Cc1ncc(CNC(=O)c2c(F)ccc([N+](=O)[O-])c2F)s1. The van der Waals surface area contributed by atoms with Crippen LogP contribution in [0.5, 0.6) is 0 Å². The smallest absolute Gasteiger partial charge is 0.305 e. The molecule has 1 aromatic carbocycles. The Labute approximate surface area is 121 Å². The average Bonchev–Trinajstić information content (AvgIpc) is 2.82. The molecule has 0 spiro atoms. The van der Waals surface area contributed by atoms with Crippen LogP contribution in [-0.4, -0.2) is 15.8 Å². The number of nitro groups is 1. The molecule has 0 bridgehead atoms. The molecule has 0 aliphatic heterocycles. The van der Waals surface area contributed by atoms with Crippen molar-refractivity contribution >= 4 is 22.9 Å². The van der Waals surface area contributed by atoms with E-state index in [0.717, 1.165) is 5.01 Å². The molecule has 0 saturated heterocycles. The van der Waals surface area contributed by atoms with Crippen molar-refractivity contribution in [2.75, 3.05) is 0 Å². The maximum Gasteiger partial charge on any atom is 0.305 e. The van der Waals surface area contributed by atoms with Crippen LogP contribution in [0.25, 0.3) is 0 Å². The molecule has 9 heteroatoms. The van der Waals surface area contributed by atoms with Gasteiger partial charge in [0.1, 0.15) is 11.4 Å². The zero-order chi connectivity index (χ0) is 15.6. The monoisotopic (exact) mass is 313 g/mol. The minimum Gasteiger partial charge on any atom is -0.347 e. The molecule has 0 aliphatic rings. The van der Waals surface area contributed by atoms with Gasteiger partial charge in [-0.2, -0.15) is 4.39 Å². The summed E-state index contributed by atoms with van der Waals surface area (Å²) in [5.74, 6) is -3.70. The number of hydrogen-bond donors (Lipinski definition) is 1. The molecule has 1 heterocycles. The molecule has 6 nitrogen and oxygen atoms in total. The number of nitro benzene ring substituents is 1. The normalized spacial score (nSPS) is 10.4. The minimum absolute atomic E-state index is 0.0336. The number of amides is 1. The van der Waals surface area contributed by atoms with Gasteiger partial charge in [-0.25, -0.2) is 9.37 Å². The lowest BCUT2D eigenvalue weighted by atomic mass is 10.1. The van der Waals surface area contributed by atoms with E-state index in [4.69, 9.17) is 0 Å². The Bertz CT molecular complexity index is 718. The standard InChI is InChI=1S/C12H9F2N3O3S/c1-6-15-4-7(21-6)5-16-12(18)10-8(13)2-3-9(11(10)14)17(19)20/h2-4H,5H2,1H3,(H,16,18). The highest BCUT2D eigenvalue weighted by molar-refractivity contribution is 7.11. The number of rotatable bonds is 4. The van der Waals surface area contributed by atoms with E-state index < -0.39 is 33.7 Å². The van der Waals surface area contributed by atoms with Crippen molar-refractivity contribution in [2.45, 2.75) is 13.5 Å². The second-order valence-electron chi connectivity index (χ2n) is 4.04. The van der Waals surface area contributed by atoms with E-state index in [2.05, 4.69) is 10.3 Å². The van der Waals surface area contributed by atoms with Crippen LogP contribution in [0.15, 0.2) is 18.3 Å². The number of hydrogen-bond acceptors (Lipinski definition) is 5. The Hall–Kier alpha value is -2.42. The van der Waals surface area contributed by atoms with E-state index >= 15 is 0 Å². The summed E-state index contributed by atoms with van der Waals surface area (Å²) in [6.45, 7) is 1.81. The van der Waals surface area contributed by atoms with E-state index in [1.807, 2.05) is 0 Å². The Kier molecular flexibility index (Phi) is 4.22. The zero-order valence-corrected chi connectivity index (χ0v) is 11.5. The molecule has 0 saturated carbocycles. The molecule has 0 fully saturated rings. The number of thiazole rings is 1. The molecule has 1 amide bonds. The van der Waals surface area contributed by atoms with Crippen LogP contribution < -0.4 is 5.32 Å². The number of nitrogens with zero attached hydrogens (tertiary/aromatic N) is 2. The third-order valence-corrected chi connectivity index (χ3v) is 3.50. The first-order valence-corrected chi connectivity index (χ1v) is 6.53. The van der Waals surface area contributed by atoms with E-state index in [1.54, 1.807) is 6.92 Å². The predicted octanol–water partition coefficient (Wildman–Crippen LogP) is 2.57. The summed E-state index contributed by atoms with van der Waals surface area (Å²) < 4.78 is 27.4. The Morgan fingerprint density at radius 3 is 2.76 bits per heavy atom. The number of nitrogens with one attached hydrogen (secondary N) is 1. The fourth-order valence-electron chi connectivity index (χ4n) is 1.63. The van der Waals surface area contributed by atoms with Gasteiger partial charge >= 0.3 is 5.69 Å². The van der Waals surface area contributed by atoms with Crippen LogP contribution in [0.1, 0.15) is 20.2 Å². The van der Waals surface area contributed by atoms with E-state index in [-0.39, 0.29) is 6.54 Å². The fourth-order valence-corrected chi connectivity index (χ4v) is 2.37. The molecule has 0 radical (unpaired) electrons. The molecular formula is C12H9F2N3O3S. The van der Waals surface area contributed by atoms with E-state index in [9.17, 15) is 23.7 Å². The number of carbonyl (C=O) groups excluding carboxylic acids is 1. The molecule has 0 unspecified atom stereocenters. The first-order valence-electron chi connectivity index (χ1n) is 5.72. The second kappa shape index (κ2) is 5.92. The summed E-state index contributed by atoms with van der Waals surface area (Å²) in [6.07, 6.45) is 1.53. The molecule has 1 aromatic heterocycles. The van der Waals surface area contributed by atoms with Gasteiger partial charge in [0, 0.05) is 17.1 Å². The summed E-state index contributed by atoms with van der Waals surface area (Å²) in [7, 11) is 0. The van der Waals surface area contributed by atoms with Gasteiger partial charge in [-0.05, 0) is 13.0 Å². The van der Waals surface area contributed by atoms with Crippen molar-refractivity contribution in [1.82, 2.24) is 10.3 Å². The molecule has 2 aromatic rings. The topological polar surface area (TPSA) is 85.1 Å². The molecule has 0 aliphatic carbocycles. The summed E-state index contributed by atoms with van der Waals surface area (Å²) >= 11 is 1.32. The van der Waals surface area contributed by atoms with Gasteiger partial charge in [0.15, 0.2) is 0 Å².